The van der Waals surface area contributed by atoms with Crippen molar-refractivity contribution in [2.75, 3.05) is 13.1 Å². The number of amides is 2. The van der Waals surface area contributed by atoms with Crippen LogP contribution in [0.5, 0.6) is 0 Å². The molecule has 0 saturated carbocycles. The molecule has 1 saturated heterocycles. The number of rotatable bonds is 6. The first kappa shape index (κ1) is 19.1. The molecule has 2 aromatic heterocycles. The Hall–Kier alpha value is -2.64. The van der Waals surface area contributed by atoms with Crippen LogP contribution in [-0.4, -0.2) is 49.1 Å². The molecule has 0 aliphatic carbocycles. The maximum Gasteiger partial charge on any atom is 0.237 e. The first-order chi connectivity index (χ1) is 12.9. The number of aryl methyl sites for hydroxylation is 2. The second-order valence-corrected chi connectivity index (χ2v) is 7.33. The number of aromatic nitrogens is 4. The number of imidazole rings is 1. The van der Waals surface area contributed by atoms with E-state index < -0.39 is 0 Å². The van der Waals surface area contributed by atoms with E-state index in [1.165, 1.54) is 0 Å². The molecule has 2 aromatic rings. The predicted octanol–water partition coefficient (Wildman–Crippen LogP) is 1.06. The zero-order valence-corrected chi connectivity index (χ0v) is 16.3. The van der Waals surface area contributed by atoms with E-state index in [0.717, 1.165) is 42.2 Å². The number of hydrogen-bond donors (Lipinski definition) is 1. The van der Waals surface area contributed by atoms with Gasteiger partial charge in [-0.25, -0.2) is 4.98 Å². The van der Waals surface area contributed by atoms with E-state index in [1.54, 1.807) is 17.0 Å². The van der Waals surface area contributed by atoms with Gasteiger partial charge in [-0.1, -0.05) is 0 Å². The van der Waals surface area contributed by atoms with Crippen LogP contribution in [0.15, 0.2) is 12.4 Å². The number of piperidine rings is 1. The van der Waals surface area contributed by atoms with Crippen LogP contribution in [0.3, 0.4) is 0 Å². The van der Waals surface area contributed by atoms with Gasteiger partial charge in [0.05, 0.1) is 5.69 Å². The van der Waals surface area contributed by atoms with Crippen LogP contribution in [0, 0.1) is 13.8 Å². The van der Waals surface area contributed by atoms with E-state index in [1.807, 2.05) is 30.5 Å². The number of carbonyl (C=O) groups is 2. The van der Waals surface area contributed by atoms with Crippen LogP contribution in [0.25, 0.3) is 0 Å². The average Bonchev–Trinajstić information content (AvgIpc) is 3.17. The highest BCUT2D eigenvalue weighted by molar-refractivity contribution is 5.76. The van der Waals surface area contributed by atoms with Crippen molar-refractivity contribution in [3.05, 3.63) is 35.2 Å². The van der Waals surface area contributed by atoms with Crippen molar-refractivity contribution in [1.29, 1.82) is 0 Å². The van der Waals surface area contributed by atoms with Crippen LogP contribution in [0.4, 0.5) is 0 Å². The maximum atomic E-state index is 12.8. The minimum absolute atomic E-state index is 0.124. The highest BCUT2D eigenvalue weighted by Gasteiger charge is 2.27. The predicted molar refractivity (Wildman–Crippen MR) is 101 cm³/mol. The monoisotopic (exact) mass is 372 g/mol. The van der Waals surface area contributed by atoms with Crippen molar-refractivity contribution in [3.63, 3.8) is 0 Å². The van der Waals surface area contributed by atoms with Crippen molar-refractivity contribution in [2.24, 2.45) is 12.8 Å². The summed E-state index contributed by atoms with van der Waals surface area (Å²) in [5, 5.41) is 4.42. The van der Waals surface area contributed by atoms with Crippen molar-refractivity contribution in [2.45, 2.75) is 52.0 Å². The zero-order valence-electron chi connectivity index (χ0n) is 16.3. The number of primary amides is 1. The third-order valence-electron chi connectivity index (χ3n) is 5.46. The normalized spacial score (nSPS) is 17.3. The number of likely N-dealkylation sites (tertiary alicyclic amines) is 1. The van der Waals surface area contributed by atoms with Crippen LogP contribution < -0.4 is 5.73 Å². The van der Waals surface area contributed by atoms with E-state index >= 15 is 0 Å². The lowest BCUT2D eigenvalue weighted by molar-refractivity contribution is -0.132. The van der Waals surface area contributed by atoms with Crippen molar-refractivity contribution in [1.82, 2.24) is 24.2 Å². The molecule has 2 amide bonds. The summed E-state index contributed by atoms with van der Waals surface area (Å²) in [5.41, 5.74) is 8.59. The summed E-state index contributed by atoms with van der Waals surface area (Å²) in [4.78, 5) is 30.4. The first-order valence-electron chi connectivity index (χ1n) is 9.43. The Bertz CT molecular complexity index is 837. The first-order valence-corrected chi connectivity index (χ1v) is 9.43. The topological polar surface area (TPSA) is 99.0 Å². The molecule has 2 N–H and O–H groups in total. The Kier molecular flexibility index (Phi) is 5.62. The van der Waals surface area contributed by atoms with Gasteiger partial charge in [0.2, 0.25) is 11.8 Å². The number of carbonyl (C=O) groups excluding carboxylic acids is 2. The fraction of sp³-hybridized carbons (Fsp3) is 0.579. The second kappa shape index (κ2) is 7.94. The van der Waals surface area contributed by atoms with Crippen molar-refractivity contribution < 1.29 is 9.59 Å². The number of nitrogens with zero attached hydrogens (tertiary/aromatic N) is 5. The third kappa shape index (κ3) is 4.20. The minimum atomic E-state index is -0.389. The minimum Gasteiger partial charge on any atom is -0.368 e. The SMILES string of the molecule is Cc1nn(C)c(C)c1CCC(=O)N1CCC[C@H](c2nccn2CC(N)=O)C1. The molecule has 0 aromatic carbocycles. The molecule has 27 heavy (non-hydrogen) atoms. The molecule has 1 aliphatic rings. The maximum absolute atomic E-state index is 12.8. The van der Waals surface area contributed by atoms with Gasteiger partial charge in [-0.2, -0.15) is 5.10 Å². The molecule has 1 fully saturated rings. The van der Waals surface area contributed by atoms with Gasteiger partial charge >= 0.3 is 0 Å². The largest absolute Gasteiger partial charge is 0.368 e. The quantitative estimate of drug-likeness (QED) is 0.819. The Morgan fingerprint density at radius 1 is 1.33 bits per heavy atom. The molecule has 0 radical (unpaired) electrons. The molecule has 1 aliphatic heterocycles. The van der Waals surface area contributed by atoms with Gasteiger partial charge in [-0.05, 0) is 38.7 Å². The summed E-state index contributed by atoms with van der Waals surface area (Å²) < 4.78 is 3.66. The Balaban J connectivity index is 1.63. The molecule has 0 unspecified atom stereocenters. The summed E-state index contributed by atoms with van der Waals surface area (Å²) in [6.07, 6.45) is 6.55. The molecule has 0 bridgehead atoms. The van der Waals surface area contributed by atoms with Gasteiger partial charge in [-0.3, -0.25) is 14.3 Å². The Labute approximate surface area is 159 Å². The standard InChI is InChI=1S/C19H28N6O2/c1-13-16(14(2)23(3)22-13)6-7-18(27)24-9-4-5-15(11-24)19-21-8-10-25(19)12-17(20)26/h8,10,15H,4-7,9,11-12H2,1-3H3,(H2,20,26)/t15-/m0/s1. The van der Waals surface area contributed by atoms with Crippen LogP contribution >= 0.6 is 0 Å². The highest BCUT2D eigenvalue weighted by Crippen LogP contribution is 2.26. The fourth-order valence-corrected chi connectivity index (χ4v) is 3.97. The van der Waals surface area contributed by atoms with Gasteiger partial charge < -0.3 is 15.2 Å². The van der Waals surface area contributed by atoms with Crippen LogP contribution in [0.2, 0.25) is 0 Å². The van der Waals surface area contributed by atoms with Gasteiger partial charge in [0.25, 0.3) is 0 Å². The molecular formula is C19H28N6O2. The van der Waals surface area contributed by atoms with Crippen molar-refractivity contribution in [3.8, 4) is 0 Å². The lowest BCUT2D eigenvalue weighted by atomic mass is 9.96. The Morgan fingerprint density at radius 3 is 2.78 bits per heavy atom. The van der Waals surface area contributed by atoms with Gasteiger partial charge in [0.1, 0.15) is 12.4 Å². The Morgan fingerprint density at radius 2 is 2.11 bits per heavy atom. The lowest BCUT2D eigenvalue weighted by Gasteiger charge is -2.32. The van der Waals surface area contributed by atoms with Crippen LogP contribution in [-0.2, 0) is 29.6 Å². The summed E-state index contributed by atoms with van der Waals surface area (Å²) >= 11 is 0. The van der Waals surface area contributed by atoms with Gasteiger partial charge in [0.15, 0.2) is 0 Å². The highest BCUT2D eigenvalue weighted by atomic mass is 16.2. The molecule has 3 rings (SSSR count). The lowest BCUT2D eigenvalue weighted by Crippen LogP contribution is -2.40. The zero-order chi connectivity index (χ0) is 19.6. The van der Waals surface area contributed by atoms with Gasteiger partial charge in [-0.15, -0.1) is 0 Å². The summed E-state index contributed by atoms with van der Waals surface area (Å²) in [6, 6.07) is 0. The smallest absolute Gasteiger partial charge is 0.237 e. The van der Waals surface area contributed by atoms with E-state index in [9.17, 15) is 9.59 Å². The van der Waals surface area contributed by atoms with Crippen LogP contribution in [0.1, 0.15) is 48.0 Å². The molecule has 146 valence electrons. The van der Waals surface area contributed by atoms with E-state index in [0.29, 0.717) is 19.4 Å². The summed E-state index contributed by atoms with van der Waals surface area (Å²) in [6.45, 7) is 5.56. The molecular weight excluding hydrogens is 344 g/mol. The van der Waals surface area contributed by atoms with E-state index in [-0.39, 0.29) is 24.3 Å². The average molecular weight is 372 g/mol. The molecule has 0 spiro atoms. The van der Waals surface area contributed by atoms with Crippen molar-refractivity contribution >= 4 is 11.8 Å². The number of nitrogens with two attached hydrogens (primary N) is 1. The van der Waals surface area contributed by atoms with E-state index in [4.69, 9.17) is 5.73 Å². The van der Waals surface area contributed by atoms with Gasteiger partial charge in [0, 0.05) is 50.6 Å². The van der Waals surface area contributed by atoms with E-state index in [2.05, 4.69) is 10.1 Å². The molecule has 3 heterocycles. The fourth-order valence-electron chi connectivity index (χ4n) is 3.97. The second-order valence-electron chi connectivity index (χ2n) is 7.33. The number of hydrogen-bond acceptors (Lipinski definition) is 4. The molecule has 8 nitrogen and oxygen atoms in total. The third-order valence-corrected chi connectivity index (χ3v) is 5.46. The summed E-state index contributed by atoms with van der Waals surface area (Å²) in [7, 11) is 1.93. The summed E-state index contributed by atoms with van der Waals surface area (Å²) in [5.74, 6) is 0.750. The molecule has 8 heteroatoms. The molecule has 1 atom stereocenters.